The van der Waals surface area contributed by atoms with Gasteiger partial charge in [0.15, 0.2) is 11.7 Å². The molecule has 0 fully saturated rings. The first-order valence-corrected chi connectivity index (χ1v) is 7.66. The van der Waals surface area contributed by atoms with Gasteiger partial charge in [-0.3, -0.25) is 4.79 Å². The highest BCUT2D eigenvalue weighted by molar-refractivity contribution is 6.65. The highest BCUT2D eigenvalue weighted by atomic mass is 16.1. The molecule has 0 saturated heterocycles. The third-order valence-corrected chi connectivity index (χ3v) is 3.24. The molecule has 0 radical (unpaired) electrons. The van der Waals surface area contributed by atoms with Crippen molar-refractivity contribution < 1.29 is 4.79 Å². The van der Waals surface area contributed by atoms with Gasteiger partial charge in [0.25, 0.3) is 5.78 Å². The summed E-state index contributed by atoms with van der Waals surface area (Å²) < 4.78 is 0. The molecule has 0 aliphatic carbocycles. The van der Waals surface area contributed by atoms with E-state index in [1.165, 1.54) is 0 Å². The summed E-state index contributed by atoms with van der Waals surface area (Å²) in [6.07, 6.45) is 0. The fourth-order valence-corrected chi connectivity index (χ4v) is 2.06. The van der Waals surface area contributed by atoms with Crippen LogP contribution in [-0.2, 0) is 4.79 Å². The third-order valence-electron chi connectivity index (χ3n) is 3.24. The zero-order valence-corrected chi connectivity index (χ0v) is 14.5. The number of Topliss-reactive ketones (excluding diaryl/α,β-unsaturated/α-hetero) is 1. The maximum absolute atomic E-state index is 13.0. The van der Waals surface area contributed by atoms with Crippen LogP contribution in [0.25, 0.3) is 0 Å². The number of carbonyl (C=O) groups excluding carboxylic acids is 1. The quantitative estimate of drug-likeness (QED) is 0.642. The van der Waals surface area contributed by atoms with E-state index in [9.17, 15) is 4.79 Å². The molecule has 5 nitrogen and oxygen atoms in total. The van der Waals surface area contributed by atoms with Gasteiger partial charge in [-0.1, -0.05) is 36.4 Å². The molecule has 0 unspecified atom stereocenters. The van der Waals surface area contributed by atoms with Crippen LogP contribution < -0.4 is 0 Å². The van der Waals surface area contributed by atoms with Crippen molar-refractivity contribution in [2.75, 3.05) is 28.2 Å². The number of hydrogen-bond donors (Lipinski definition) is 0. The van der Waals surface area contributed by atoms with E-state index in [-0.39, 0.29) is 5.78 Å². The molecule has 0 atom stereocenters. The second kappa shape index (κ2) is 8.06. The standard InChI is InChI=1S/C19H22N4O/c1-22(2)18(20-15-11-7-5-8-12-15)17(24)19(23(3)4)21-16-13-9-6-10-14-16/h5-14H,1-4H3. The molecule has 0 N–H and O–H groups in total. The lowest BCUT2D eigenvalue weighted by Gasteiger charge is -2.19. The van der Waals surface area contributed by atoms with Gasteiger partial charge in [0.2, 0.25) is 0 Å². The summed E-state index contributed by atoms with van der Waals surface area (Å²) in [6.45, 7) is 0. The van der Waals surface area contributed by atoms with E-state index in [4.69, 9.17) is 0 Å². The van der Waals surface area contributed by atoms with Gasteiger partial charge in [-0.25, -0.2) is 9.98 Å². The minimum atomic E-state index is -0.224. The van der Waals surface area contributed by atoms with Crippen LogP contribution in [0.2, 0.25) is 0 Å². The lowest BCUT2D eigenvalue weighted by atomic mass is 10.2. The Hall–Kier alpha value is -2.95. The maximum atomic E-state index is 13.0. The largest absolute Gasteiger partial charge is 0.359 e. The van der Waals surface area contributed by atoms with Crippen LogP contribution in [0.3, 0.4) is 0 Å². The lowest BCUT2D eigenvalue weighted by molar-refractivity contribution is -0.108. The highest BCUT2D eigenvalue weighted by Crippen LogP contribution is 2.14. The number of para-hydroxylation sites is 2. The summed E-state index contributed by atoms with van der Waals surface area (Å²) in [5.74, 6) is 0.451. The Kier molecular flexibility index (Phi) is 5.84. The predicted molar refractivity (Wildman–Crippen MR) is 99.5 cm³/mol. The number of aliphatic imine (C=N–C) groups is 2. The van der Waals surface area contributed by atoms with Crippen molar-refractivity contribution in [3.8, 4) is 0 Å². The number of carbonyl (C=O) groups is 1. The molecule has 2 aromatic carbocycles. The van der Waals surface area contributed by atoms with E-state index in [2.05, 4.69) is 9.98 Å². The average Bonchev–Trinajstić information content (AvgIpc) is 2.58. The molecule has 2 aromatic rings. The average molecular weight is 322 g/mol. The Balaban J connectivity index is 2.43. The van der Waals surface area contributed by atoms with Crippen molar-refractivity contribution in [1.29, 1.82) is 0 Å². The van der Waals surface area contributed by atoms with Crippen molar-refractivity contribution in [1.82, 2.24) is 9.80 Å². The number of rotatable bonds is 4. The number of nitrogens with zero attached hydrogens (tertiary/aromatic N) is 4. The van der Waals surface area contributed by atoms with Gasteiger partial charge in [0.05, 0.1) is 11.4 Å². The fraction of sp³-hybridized carbons (Fsp3) is 0.211. The Labute approximate surface area is 143 Å². The Morgan fingerprint density at radius 1 is 0.667 bits per heavy atom. The second-order valence-corrected chi connectivity index (χ2v) is 5.66. The van der Waals surface area contributed by atoms with Gasteiger partial charge < -0.3 is 9.80 Å². The first kappa shape index (κ1) is 17.4. The summed E-state index contributed by atoms with van der Waals surface area (Å²) in [4.78, 5) is 25.4. The minimum absolute atomic E-state index is 0.224. The summed E-state index contributed by atoms with van der Waals surface area (Å²) in [6, 6.07) is 18.8. The number of ketones is 1. The molecule has 0 spiro atoms. The van der Waals surface area contributed by atoms with Crippen molar-refractivity contribution >= 4 is 28.8 Å². The SMILES string of the molecule is CN(C)C(=Nc1ccccc1)C(=O)C(=Nc1ccccc1)N(C)C. The topological polar surface area (TPSA) is 48.3 Å². The fourth-order valence-electron chi connectivity index (χ4n) is 2.06. The lowest BCUT2D eigenvalue weighted by Crippen LogP contribution is -2.41. The van der Waals surface area contributed by atoms with Crippen LogP contribution >= 0.6 is 0 Å². The van der Waals surface area contributed by atoms with Gasteiger partial charge >= 0.3 is 0 Å². The van der Waals surface area contributed by atoms with Crippen molar-refractivity contribution in [3.63, 3.8) is 0 Å². The molecule has 0 amide bonds. The first-order valence-electron chi connectivity index (χ1n) is 7.66. The molecule has 24 heavy (non-hydrogen) atoms. The van der Waals surface area contributed by atoms with Crippen LogP contribution in [0.1, 0.15) is 0 Å². The van der Waals surface area contributed by atoms with E-state index in [1.54, 1.807) is 38.0 Å². The zero-order valence-electron chi connectivity index (χ0n) is 14.5. The smallest absolute Gasteiger partial charge is 0.263 e. The monoisotopic (exact) mass is 322 g/mol. The minimum Gasteiger partial charge on any atom is -0.359 e. The van der Waals surface area contributed by atoms with Crippen molar-refractivity contribution in [2.45, 2.75) is 0 Å². The second-order valence-electron chi connectivity index (χ2n) is 5.66. The molecule has 0 aliphatic heterocycles. The van der Waals surface area contributed by atoms with E-state index >= 15 is 0 Å². The maximum Gasteiger partial charge on any atom is 0.263 e. The van der Waals surface area contributed by atoms with Crippen molar-refractivity contribution in [3.05, 3.63) is 60.7 Å². The molecule has 0 heterocycles. The van der Waals surface area contributed by atoms with Gasteiger partial charge in [0, 0.05) is 28.2 Å². The van der Waals surface area contributed by atoms with Gasteiger partial charge in [-0.05, 0) is 24.3 Å². The molecule has 0 bridgehead atoms. The van der Waals surface area contributed by atoms with Crippen LogP contribution in [0.4, 0.5) is 11.4 Å². The van der Waals surface area contributed by atoms with Crippen LogP contribution in [-0.4, -0.2) is 55.4 Å². The molecule has 0 aliphatic rings. The summed E-state index contributed by atoms with van der Waals surface area (Å²) in [5, 5.41) is 0. The third kappa shape index (κ3) is 4.52. The van der Waals surface area contributed by atoms with E-state index in [0.717, 1.165) is 11.4 Å². The summed E-state index contributed by atoms with van der Waals surface area (Å²) in [7, 11) is 7.20. The molecule has 0 aromatic heterocycles. The molecule has 0 saturated carbocycles. The Morgan fingerprint density at radius 2 is 1.00 bits per heavy atom. The highest BCUT2D eigenvalue weighted by Gasteiger charge is 2.22. The van der Waals surface area contributed by atoms with Gasteiger partial charge in [-0.15, -0.1) is 0 Å². The van der Waals surface area contributed by atoms with Crippen molar-refractivity contribution in [2.24, 2.45) is 9.98 Å². The number of benzene rings is 2. The van der Waals surface area contributed by atoms with E-state index < -0.39 is 0 Å². The van der Waals surface area contributed by atoms with Crippen LogP contribution in [0.15, 0.2) is 70.6 Å². The number of likely N-dealkylation sites (N-methyl/N-ethyl adjacent to an activating group) is 2. The Bertz CT molecular complexity index is 671. The molecule has 2 rings (SSSR count). The summed E-state index contributed by atoms with van der Waals surface area (Å²) >= 11 is 0. The van der Waals surface area contributed by atoms with E-state index in [0.29, 0.717) is 11.7 Å². The van der Waals surface area contributed by atoms with Crippen LogP contribution in [0, 0.1) is 0 Å². The van der Waals surface area contributed by atoms with Crippen LogP contribution in [0.5, 0.6) is 0 Å². The molecule has 5 heteroatoms. The number of hydrogen-bond acceptors (Lipinski definition) is 3. The van der Waals surface area contributed by atoms with Gasteiger partial charge in [0.1, 0.15) is 0 Å². The normalized spacial score (nSPS) is 12.0. The number of amidine groups is 2. The Morgan fingerprint density at radius 3 is 1.29 bits per heavy atom. The predicted octanol–water partition coefficient (Wildman–Crippen LogP) is 3.14. The van der Waals surface area contributed by atoms with Gasteiger partial charge in [-0.2, -0.15) is 0 Å². The summed E-state index contributed by atoms with van der Waals surface area (Å²) in [5.41, 5.74) is 1.46. The van der Waals surface area contributed by atoms with E-state index in [1.807, 2.05) is 60.7 Å². The molecular weight excluding hydrogens is 300 g/mol. The molecular formula is C19H22N4O. The first-order chi connectivity index (χ1) is 11.5. The zero-order chi connectivity index (χ0) is 17.5. The molecule has 124 valence electrons.